The predicted molar refractivity (Wildman–Crippen MR) is 85.6 cm³/mol. The summed E-state index contributed by atoms with van der Waals surface area (Å²) in [5.41, 5.74) is 1.16. The molecule has 23 heavy (non-hydrogen) atoms. The number of nitrogens with one attached hydrogen (secondary N) is 2. The van der Waals surface area contributed by atoms with Crippen molar-refractivity contribution >= 4 is 21.6 Å². The average molecular weight is 335 g/mol. The van der Waals surface area contributed by atoms with Gasteiger partial charge in [0, 0.05) is 31.5 Å². The molecule has 2 N–H and O–H groups in total. The van der Waals surface area contributed by atoms with Crippen LogP contribution in [0.3, 0.4) is 0 Å². The van der Waals surface area contributed by atoms with Crippen LogP contribution in [0.1, 0.15) is 12.5 Å². The maximum Gasteiger partial charge on any atom is 0.244 e. The van der Waals surface area contributed by atoms with Crippen LogP contribution >= 0.6 is 0 Å². The summed E-state index contributed by atoms with van der Waals surface area (Å²) in [6, 6.07) is 7.85. The highest BCUT2D eigenvalue weighted by Crippen LogP contribution is 2.27. The Kier molecular flexibility index (Phi) is 5.30. The lowest BCUT2D eigenvalue weighted by Crippen LogP contribution is -2.24. The molecular formula is C15H17N3O4S. The first-order valence-electron chi connectivity index (χ1n) is 6.76. The van der Waals surface area contributed by atoms with Gasteiger partial charge in [0.05, 0.1) is 7.11 Å². The minimum absolute atomic E-state index is 0.0414. The number of sulfonamides is 1. The third-order valence-electron chi connectivity index (χ3n) is 2.99. The summed E-state index contributed by atoms with van der Waals surface area (Å²) in [7, 11) is -2.42. The molecular weight excluding hydrogens is 318 g/mol. The summed E-state index contributed by atoms with van der Waals surface area (Å²) in [5, 5.41) is 2.55. The minimum atomic E-state index is -3.81. The minimum Gasteiger partial charge on any atom is -0.495 e. The van der Waals surface area contributed by atoms with Gasteiger partial charge in [-0.1, -0.05) is 0 Å². The molecule has 2 rings (SSSR count). The van der Waals surface area contributed by atoms with Crippen molar-refractivity contribution < 1.29 is 17.9 Å². The number of carbonyl (C=O) groups excluding carboxylic acids is 1. The maximum atomic E-state index is 12.5. The van der Waals surface area contributed by atoms with Crippen molar-refractivity contribution in [2.24, 2.45) is 0 Å². The largest absolute Gasteiger partial charge is 0.495 e. The zero-order chi connectivity index (χ0) is 16.9. The molecule has 0 saturated heterocycles. The van der Waals surface area contributed by atoms with E-state index in [1.54, 1.807) is 30.6 Å². The van der Waals surface area contributed by atoms with Crippen LogP contribution < -0.4 is 14.8 Å². The zero-order valence-electron chi connectivity index (χ0n) is 12.7. The smallest absolute Gasteiger partial charge is 0.244 e. The number of ether oxygens (including phenoxy) is 1. The third kappa shape index (κ3) is 4.51. The van der Waals surface area contributed by atoms with Gasteiger partial charge >= 0.3 is 0 Å². The van der Waals surface area contributed by atoms with Gasteiger partial charge in [0.1, 0.15) is 10.6 Å². The number of benzene rings is 1. The van der Waals surface area contributed by atoms with Gasteiger partial charge in [-0.05, 0) is 35.9 Å². The number of anilines is 1. The molecule has 0 atom stereocenters. The summed E-state index contributed by atoms with van der Waals surface area (Å²) in [5.74, 6) is -0.0930. The number of aromatic nitrogens is 1. The summed E-state index contributed by atoms with van der Waals surface area (Å²) < 4.78 is 32.6. The molecule has 1 aromatic heterocycles. The number of rotatable bonds is 6. The van der Waals surface area contributed by atoms with E-state index in [4.69, 9.17) is 4.74 Å². The topological polar surface area (TPSA) is 97.4 Å². The first-order valence-corrected chi connectivity index (χ1v) is 8.25. The van der Waals surface area contributed by atoms with Crippen LogP contribution in [0.25, 0.3) is 0 Å². The van der Waals surface area contributed by atoms with Crippen molar-refractivity contribution in [1.82, 2.24) is 9.71 Å². The van der Waals surface area contributed by atoms with E-state index in [1.165, 1.54) is 26.2 Å². The predicted octanol–water partition coefficient (Wildman–Crippen LogP) is 1.53. The Hall–Kier alpha value is -2.45. The Morgan fingerprint density at radius 1 is 1.22 bits per heavy atom. The van der Waals surface area contributed by atoms with Crippen LogP contribution in [0.15, 0.2) is 47.6 Å². The second-order valence-electron chi connectivity index (χ2n) is 4.73. The molecule has 7 nitrogen and oxygen atoms in total. The number of hydrogen-bond acceptors (Lipinski definition) is 5. The lowest BCUT2D eigenvalue weighted by atomic mass is 10.3. The Morgan fingerprint density at radius 3 is 2.52 bits per heavy atom. The van der Waals surface area contributed by atoms with E-state index >= 15 is 0 Å². The van der Waals surface area contributed by atoms with Crippen LogP contribution in [0.2, 0.25) is 0 Å². The molecule has 0 spiro atoms. The number of amides is 1. The van der Waals surface area contributed by atoms with Gasteiger partial charge in [0.15, 0.2) is 0 Å². The molecule has 0 radical (unpaired) electrons. The second kappa shape index (κ2) is 7.21. The molecule has 0 aliphatic rings. The lowest BCUT2D eigenvalue weighted by molar-refractivity contribution is -0.114. The quantitative estimate of drug-likeness (QED) is 0.834. The third-order valence-corrected chi connectivity index (χ3v) is 4.41. The zero-order valence-corrected chi connectivity index (χ0v) is 13.6. The Labute approximate surface area is 134 Å². The van der Waals surface area contributed by atoms with E-state index in [0.717, 1.165) is 5.56 Å². The molecule has 1 heterocycles. The highest BCUT2D eigenvalue weighted by molar-refractivity contribution is 7.89. The van der Waals surface area contributed by atoms with Crippen molar-refractivity contribution in [3.8, 4) is 5.75 Å². The van der Waals surface area contributed by atoms with Crippen molar-refractivity contribution in [3.05, 3.63) is 48.3 Å². The van der Waals surface area contributed by atoms with Gasteiger partial charge in [0.2, 0.25) is 15.9 Å². The molecule has 0 saturated carbocycles. The number of pyridine rings is 1. The molecule has 1 aromatic carbocycles. The molecule has 8 heteroatoms. The van der Waals surface area contributed by atoms with Crippen molar-refractivity contribution in [2.75, 3.05) is 12.4 Å². The fourth-order valence-corrected chi connectivity index (χ4v) is 3.14. The second-order valence-corrected chi connectivity index (χ2v) is 6.46. The molecule has 0 fully saturated rings. The van der Waals surface area contributed by atoms with E-state index < -0.39 is 10.0 Å². The highest BCUT2D eigenvalue weighted by Gasteiger charge is 2.20. The van der Waals surface area contributed by atoms with E-state index in [1.807, 2.05) is 0 Å². The molecule has 0 unspecified atom stereocenters. The van der Waals surface area contributed by atoms with Crippen LogP contribution in [0.5, 0.6) is 5.75 Å². The fourth-order valence-electron chi connectivity index (χ4n) is 1.92. The van der Waals surface area contributed by atoms with E-state index in [0.29, 0.717) is 5.69 Å². The van der Waals surface area contributed by atoms with Gasteiger partial charge in [-0.2, -0.15) is 0 Å². The normalized spacial score (nSPS) is 11.0. The van der Waals surface area contributed by atoms with Crippen molar-refractivity contribution in [2.45, 2.75) is 18.4 Å². The average Bonchev–Trinajstić information content (AvgIpc) is 2.53. The monoisotopic (exact) mass is 335 g/mol. The molecule has 0 aliphatic heterocycles. The number of nitrogens with zero attached hydrogens (tertiary/aromatic N) is 1. The van der Waals surface area contributed by atoms with Crippen LogP contribution in [-0.2, 0) is 21.4 Å². The Balaban J connectivity index is 2.28. The first-order chi connectivity index (χ1) is 10.9. The molecule has 0 aliphatic carbocycles. The van der Waals surface area contributed by atoms with Gasteiger partial charge in [-0.3, -0.25) is 9.78 Å². The number of methoxy groups -OCH3 is 1. The van der Waals surface area contributed by atoms with Gasteiger partial charge in [-0.25, -0.2) is 13.1 Å². The number of carbonyl (C=O) groups is 1. The van der Waals surface area contributed by atoms with E-state index in [9.17, 15) is 13.2 Å². The standard InChI is InChI=1S/C15H17N3O4S/c1-11(19)18-13-3-4-14(22-2)15(9-13)23(20,21)17-10-12-5-7-16-8-6-12/h3-9,17H,10H2,1-2H3,(H,18,19). The lowest BCUT2D eigenvalue weighted by Gasteiger charge is -2.12. The summed E-state index contributed by atoms with van der Waals surface area (Å²) in [4.78, 5) is 15.0. The van der Waals surface area contributed by atoms with Crippen molar-refractivity contribution in [3.63, 3.8) is 0 Å². The van der Waals surface area contributed by atoms with Gasteiger partial charge < -0.3 is 10.1 Å². The fraction of sp³-hybridized carbons (Fsp3) is 0.200. The van der Waals surface area contributed by atoms with Crippen molar-refractivity contribution in [1.29, 1.82) is 0 Å². The van der Waals surface area contributed by atoms with Gasteiger partial charge in [-0.15, -0.1) is 0 Å². The SMILES string of the molecule is COc1ccc(NC(C)=O)cc1S(=O)(=O)NCc1ccncc1. The van der Waals surface area contributed by atoms with E-state index in [-0.39, 0.29) is 23.1 Å². The summed E-state index contributed by atoms with van der Waals surface area (Å²) in [6.07, 6.45) is 3.17. The van der Waals surface area contributed by atoms with E-state index in [2.05, 4.69) is 15.0 Å². The molecule has 122 valence electrons. The Bertz CT molecular complexity index is 792. The highest BCUT2D eigenvalue weighted by atomic mass is 32.2. The number of hydrogen-bond donors (Lipinski definition) is 2. The maximum absolute atomic E-state index is 12.5. The molecule has 0 bridgehead atoms. The first kappa shape index (κ1) is 16.9. The van der Waals surface area contributed by atoms with Crippen LogP contribution in [-0.4, -0.2) is 26.4 Å². The van der Waals surface area contributed by atoms with Crippen LogP contribution in [0.4, 0.5) is 5.69 Å². The van der Waals surface area contributed by atoms with Gasteiger partial charge in [0.25, 0.3) is 0 Å². The summed E-state index contributed by atoms with van der Waals surface area (Å²) >= 11 is 0. The molecule has 1 amide bonds. The Morgan fingerprint density at radius 2 is 1.91 bits per heavy atom. The van der Waals surface area contributed by atoms with Crippen LogP contribution in [0, 0.1) is 0 Å². The summed E-state index contributed by atoms with van der Waals surface area (Å²) in [6.45, 7) is 1.47. The molecule has 2 aromatic rings.